The highest BCUT2D eigenvalue weighted by molar-refractivity contribution is 6.05. The maximum absolute atomic E-state index is 12.9. The van der Waals surface area contributed by atoms with Crippen LogP contribution in [-0.4, -0.2) is 40.6 Å². The minimum absolute atomic E-state index is 0.123. The number of aromatic nitrogens is 2. The number of carbonyl (C=O) groups excluding carboxylic acids is 2. The summed E-state index contributed by atoms with van der Waals surface area (Å²) in [5.74, 6) is 0.371. The van der Waals surface area contributed by atoms with Crippen molar-refractivity contribution < 1.29 is 23.8 Å². The van der Waals surface area contributed by atoms with E-state index in [0.717, 1.165) is 17.1 Å². The number of hydrogen-bond donors (Lipinski definition) is 1. The Morgan fingerprint density at radius 3 is 2.60 bits per heavy atom. The average molecular weight is 472 g/mol. The molecule has 0 amide bonds. The molecule has 0 fully saturated rings. The van der Waals surface area contributed by atoms with Gasteiger partial charge < -0.3 is 23.8 Å². The SMILES string of the molecule is Cc1cc(C(=O)COC(=O)c2cc(=O)[nH]c3ccccc23)c(C)n1C[C@@H]1COc2ccccc2O1. The van der Waals surface area contributed by atoms with Crippen molar-refractivity contribution in [3.63, 3.8) is 0 Å². The number of ketones is 1. The number of fused-ring (bicyclic) bond motifs is 2. The molecular formula is C27H24N2O6. The van der Waals surface area contributed by atoms with Crippen molar-refractivity contribution in [2.24, 2.45) is 0 Å². The highest BCUT2D eigenvalue weighted by atomic mass is 16.6. The lowest BCUT2D eigenvalue weighted by atomic mass is 10.1. The van der Waals surface area contributed by atoms with E-state index in [1.54, 1.807) is 30.3 Å². The first kappa shape index (κ1) is 22.5. The standard InChI is InChI=1S/C27H24N2O6/c1-16-11-20(17(2)29(16)13-18-14-33-24-9-5-6-10-25(24)35-18)23(30)15-34-27(32)21-12-26(31)28-22-8-4-3-7-19(21)22/h3-12,18H,13-15H2,1-2H3,(H,28,31)/t18-/m1/s1. The van der Waals surface area contributed by atoms with Crippen LogP contribution in [0.5, 0.6) is 11.5 Å². The van der Waals surface area contributed by atoms with Gasteiger partial charge in [0.05, 0.1) is 12.1 Å². The molecule has 1 aliphatic rings. The lowest BCUT2D eigenvalue weighted by molar-refractivity contribution is 0.0476. The van der Waals surface area contributed by atoms with Crippen LogP contribution in [-0.2, 0) is 11.3 Å². The molecule has 8 heteroatoms. The summed E-state index contributed by atoms with van der Waals surface area (Å²) in [6, 6.07) is 17.4. The largest absolute Gasteiger partial charge is 0.486 e. The number of esters is 1. The Kier molecular flexibility index (Phi) is 5.86. The molecule has 8 nitrogen and oxygen atoms in total. The van der Waals surface area contributed by atoms with Crippen molar-refractivity contribution >= 4 is 22.7 Å². The Balaban J connectivity index is 1.28. The van der Waals surface area contributed by atoms with Crippen molar-refractivity contribution in [3.8, 4) is 11.5 Å². The van der Waals surface area contributed by atoms with Crippen molar-refractivity contribution in [3.05, 3.63) is 93.5 Å². The molecule has 0 radical (unpaired) electrons. The van der Waals surface area contributed by atoms with Gasteiger partial charge in [-0.2, -0.15) is 0 Å². The first-order valence-electron chi connectivity index (χ1n) is 11.3. The second kappa shape index (κ2) is 9.13. The van der Waals surface area contributed by atoms with Crippen LogP contribution in [0.25, 0.3) is 10.9 Å². The molecule has 1 N–H and O–H groups in total. The molecule has 1 aliphatic heterocycles. The number of hydrogen-bond acceptors (Lipinski definition) is 6. The number of nitrogens with one attached hydrogen (secondary N) is 1. The van der Waals surface area contributed by atoms with Crippen LogP contribution in [0.3, 0.4) is 0 Å². The number of rotatable bonds is 6. The zero-order chi connectivity index (χ0) is 24.5. The predicted molar refractivity (Wildman–Crippen MR) is 129 cm³/mol. The molecule has 3 heterocycles. The fraction of sp³-hybridized carbons (Fsp3) is 0.222. The van der Waals surface area contributed by atoms with Crippen LogP contribution in [0.4, 0.5) is 0 Å². The minimum atomic E-state index is -0.721. The van der Waals surface area contributed by atoms with Crippen LogP contribution in [0.1, 0.15) is 32.1 Å². The zero-order valence-corrected chi connectivity index (χ0v) is 19.4. The van der Waals surface area contributed by atoms with Crippen molar-refractivity contribution in [2.75, 3.05) is 13.2 Å². The van der Waals surface area contributed by atoms with Gasteiger partial charge in [0, 0.05) is 33.9 Å². The number of benzene rings is 2. The maximum atomic E-state index is 12.9. The number of nitrogens with zero attached hydrogens (tertiary/aromatic N) is 1. The molecule has 1 atom stereocenters. The van der Waals surface area contributed by atoms with Gasteiger partial charge in [0.1, 0.15) is 6.61 Å². The van der Waals surface area contributed by atoms with Crippen LogP contribution >= 0.6 is 0 Å². The zero-order valence-electron chi connectivity index (χ0n) is 19.4. The van der Waals surface area contributed by atoms with Gasteiger partial charge in [0.2, 0.25) is 11.3 Å². The topological polar surface area (TPSA) is 99.6 Å². The summed E-state index contributed by atoms with van der Waals surface area (Å²) in [6.07, 6.45) is -0.208. The third-order valence-electron chi connectivity index (χ3n) is 6.13. The molecule has 0 bridgehead atoms. The summed E-state index contributed by atoms with van der Waals surface area (Å²) >= 11 is 0. The first-order chi connectivity index (χ1) is 16.9. The Labute approximate surface area is 201 Å². The van der Waals surface area contributed by atoms with E-state index in [-0.39, 0.29) is 17.5 Å². The highest BCUT2D eigenvalue weighted by Gasteiger charge is 2.24. The first-order valence-corrected chi connectivity index (χ1v) is 11.3. The molecule has 0 saturated carbocycles. The van der Waals surface area contributed by atoms with E-state index < -0.39 is 18.1 Å². The molecule has 0 unspecified atom stereocenters. The summed E-state index contributed by atoms with van der Waals surface area (Å²) in [4.78, 5) is 40.3. The number of para-hydroxylation sites is 3. The summed E-state index contributed by atoms with van der Waals surface area (Å²) in [6.45, 7) is 4.25. The predicted octanol–water partition coefficient (Wildman–Crippen LogP) is 3.83. The fourth-order valence-corrected chi connectivity index (χ4v) is 4.38. The summed E-state index contributed by atoms with van der Waals surface area (Å²) < 4.78 is 19.2. The third kappa shape index (κ3) is 4.42. The van der Waals surface area contributed by atoms with Gasteiger partial charge in [0.25, 0.3) is 0 Å². The number of carbonyl (C=O) groups is 2. The van der Waals surface area contributed by atoms with Gasteiger partial charge in [-0.1, -0.05) is 30.3 Å². The molecule has 4 aromatic rings. The molecule has 35 heavy (non-hydrogen) atoms. The normalized spacial score (nSPS) is 14.6. The molecule has 0 aliphatic carbocycles. The number of H-pyrrole nitrogens is 1. The number of aromatic amines is 1. The van der Waals surface area contributed by atoms with Crippen LogP contribution in [0, 0.1) is 13.8 Å². The maximum Gasteiger partial charge on any atom is 0.339 e. The Morgan fingerprint density at radius 2 is 1.77 bits per heavy atom. The van der Waals surface area contributed by atoms with E-state index in [1.807, 2.05) is 42.7 Å². The molecule has 2 aromatic heterocycles. The van der Waals surface area contributed by atoms with Gasteiger partial charge in [0.15, 0.2) is 24.2 Å². The van der Waals surface area contributed by atoms with Gasteiger partial charge in [-0.05, 0) is 38.1 Å². The Bertz CT molecular complexity index is 1500. The van der Waals surface area contributed by atoms with Crippen LogP contribution < -0.4 is 15.0 Å². The van der Waals surface area contributed by atoms with Crippen LogP contribution in [0.2, 0.25) is 0 Å². The van der Waals surface area contributed by atoms with E-state index in [0.29, 0.717) is 35.4 Å². The summed E-state index contributed by atoms with van der Waals surface area (Å²) in [5, 5.41) is 0.555. The van der Waals surface area contributed by atoms with Gasteiger partial charge in [-0.15, -0.1) is 0 Å². The molecular weight excluding hydrogens is 448 g/mol. The number of pyridine rings is 1. The quantitative estimate of drug-likeness (QED) is 0.338. The number of ether oxygens (including phenoxy) is 3. The average Bonchev–Trinajstić information content (AvgIpc) is 3.15. The minimum Gasteiger partial charge on any atom is -0.486 e. The van der Waals surface area contributed by atoms with Gasteiger partial charge in [-0.3, -0.25) is 9.59 Å². The summed E-state index contributed by atoms with van der Waals surface area (Å²) in [7, 11) is 0. The Morgan fingerprint density at radius 1 is 1.03 bits per heavy atom. The summed E-state index contributed by atoms with van der Waals surface area (Å²) in [5.41, 5.74) is 2.36. The Hall–Kier alpha value is -4.33. The van der Waals surface area contributed by atoms with E-state index in [4.69, 9.17) is 14.2 Å². The second-order valence-electron chi connectivity index (χ2n) is 8.49. The smallest absolute Gasteiger partial charge is 0.339 e. The lowest BCUT2D eigenvalue weighted by Crippen LogP contribution is -2.33. The van der Waals surface area contributed by atoms with Crippen molar-refractivity contribution in [2.45, 2.75) is 26.5 Å². The van der Waals surface area contributed by atoms with Crippen LogP contribution in [0.15, 0.2) is 65.5 Å². The molecule has 5 rings (SSSR count). The van der Waals surface area contributed by atoms with E-state index >= 15 is 0 Å². The third-order valence-corrected chi connectivity index (χ3v) is 6.13. The highest BCUT2D eigenvalue weighted by Crippen LogP contribution is 2.31. The molecule has 0 spiro atoms. The van der Waals surface area contributed by atoms with Gasteiger partial charge in [-0.25, -0.2) is 4.79 Å². The lowest BCUT2D eigenvalue weighted by Gasteiger charge is -2.27. The fourth-order valence-electron chi connectivity index (χ4n) is 4.38. The van der Waals surface area contributed by atoms with E-state index in [2.05, 4.69) is 4.98 Å². The molecule has 2 aromatic carbocycles. The monoisotopic (exact) mass is 472 g/mol. The van der Waals surface area contributed by atoms with E-state index in [9.17, 15) is 14.4 Å². The van der Waals surface area contributed by atoms with Gasteiger partial charge >= 0.3 is 5.97 Å². The van der Waals surface area contributed by atoms with Crippen molar-refractivity contribution in [1.82, 2.24) is 9.55 Å². The van der Waals surface area contributed by atoms with Crippen molar-refractivity contribution in [1.29, 1.82) is 0 Å². The second-order valence-corrected chi connectivity index (χ2v) is 8.49. The number of Topliss-reactive ketones (excluding diaryl/α,β-unsaturated/α-hetero) is 1. The number of aryl methyl sites for hydroxylation is 1. The van der Waals surface area contributed by atoms with E-state index in [1.165, 1.54) is 6.07 Å². The molecule has 178 valence electrons. The molecule has 0 saturated heterocycles.